The summed E-state index contributed by atoms with van der Waals surface area (Å²) in [7, 11) is 2.58. The maximum atomic E-state index is 13.2. The number of rotatable bonds is 5. The van der Waals surface area contributed by atoms with Crippen molar-refractivity contribution in [3.63, 3.8) is 0 Å². The van der Waals surface area contributed by atoms with Gasteiger partial charge in [0.2, 0.25) is 0 Å². The number of esters is 2. The maximum absolute atomic E-state index is 13.2. The van der Waals surface area contributed by atoms with Gasteiger partial charge in [-0.05, 0) is 5.56 Å². The first-order valence-electron chi connectivity index (χ1n) is 10.1. The first-order valence-corrected chi connectivity index (χ1v) is 10.1. The van der Waals surface area contributed by atoms with Gasteiger partial charge in [-0.2, -0.15) is 0 Å². The second kappa shape index (κ2) is 9.27. The predicted molar refractivity (Wildman–Crippen MR) is 123 cm³/mol. The zero-order valence-corrected chi connectivity index (χ0v) is 17.7. The molecular formula is C27H21NO4. The molecule has 5 heteroatoms. The molecule has 5 nitrogen and oxygen atoms in total. The summed E-state index contributed by atoms with van der Waals surface area (Å²) < 4.78 is 10.2. The minimum absolute atomic E-state index is 0.0732. The molecule has 0 radical (unpaired) electrons. The van der Waals surface area contributed by atoms with E-state index in [-0.39, 0.29) is 11.1 Å². The van der Waals surface area contributed by atoms with Crippen molar-refractivity contribution < 1.29 is 19.1 Å². The quantitative estimate of drug-likeness (QED) is 0.388. The van der Waals surface area contributed by atoms with Gasteiger partial charge in [0, 0.05) is 16.7 Å². The number of carbonyl (C=O) groups is 2. The Bertz CT molecular complexity index is 1250. The molecule has 158 valence electrons. The van der Waals surface area contributed by atoms with Gasteiger partial charge >= 0.3 is 11.9 Å². The standard InChI is InChI=1S/C27H21NO4/c1-31-26(29)22-21(18-12-6-3-7-13-18)24(19-14-8-4-9-15-19)28-25(23(22)27(30)32-2)20-16-10-5-11-17-20/h3-17H,1-2H3. The van der Waals surface area contributed by atoms with E-state index in [1.165, 1.54) is 14.2 Å². The van der Waals surface area contributed by atoms with E-state index in [4.69, 9.17) is 14.5 Å². The van der Waals surface area contributed by atoms with Crippen molar-refractivity contribution >= 4 is 11.9 Å². The Kier molecular flexibility index (Phi) is 6.08. The number of benzene rings is 3. The number of methoxy groups -OCH3 is 2. The highest BCUT2D eigenvalue weighted by Crippen LogP contribution is 2.40. The largest absolute Gasteiger partial charge is 0.465 e. The molecule has 4 rings (SSSR count). The highest BCUT2D eigenvalue weighted by atomic mass is 16.5. The van der Waals surface area contributed by atoms with Crippen LogP contribution < -0.4 is 0 Å². The molecule has 1 heterocycles. The third kappa shape index (κ3) is 3.88. The Morgan fingerprint density at radius 2 is 0.969 bits per heavy atom. The van der Waals surface area contributed by atoms with Crippen LogP contribution in [0.2, 0.25) is 0 Å². The Hall–Kier alpha value is -4.25. The second-order valence-electron chi connectivity index (χ2n) is 7.02. The zero-order chi connectivity index (χ0) is 22.5. The fourth-order valence-electron chi connectivity index (χ4n) is 3.69. The van der Waals surface area contributed by atoms with Crippen LogP contribution in [0.1, 0.15) is 20.7 Å². The van der Waals surface area contributed by atoms with Crippen LogP contribution in [0.25, 0.3) is 33.6 Å². The number of carbonyl (C=O) groups excluding carboxylic acids is 2. The lowest BCUT2D eigenvalue weighted by Crippen LogP contribution is -2.17. The van der Waals surface area contributed by atoms with Crippen LogP contribution in [-0.4, -0.2) is 31.1 Å². The second-order valence-corrected chi connectivity index (χ2v) is 7.02. The van der Waals surface area contributed by atoms with E-state index in [9.17, 15) is 9.59 Å². The van der Waals surface area contributed by atoms with E-state index in [2.05, 4.69) is 0 Å². The molecule has 0 saturated heterocycles. The Morgan fingerprint density at radius 1 is 0.562 bits per heavy atom. The average Bonchev–Trinajstić information content (AvgIpc) is 2.88. The molecule has 0 atom stereocenters. The molecule has 0 fully saturated rings. The van der Waals surface area contributed by atoms with Gasteiger partial charge in [-0.1, -0.05) is 91.0 Å². The van der Waals surface area contributed by atoms with Crippen molar-refractivity contribution in [1.29, 1.82) is 0 Å². The lowest BCUT2D eigenvalue weighted by molar-refractivity contribution is 0.0556. The molecule has 0 N–H and O–H groups in total. The number of hydrogen-bond donors (Lipinski definition) is 0. The van der Waals surface area contributed by atoms with E-state index >= 15 is 0 Å². The highest BCUT2D eigenvalue weighted by molar-refractivity contribution is 6.13. The van der Waals surface area contributed by atoms with Crippen LogP contribution in [0.4, 0.5) is 0 Å². The summed E-state index contributed by atoms with van der Waals surface area (Å²) in [6, 6.07) is 28.2. The number of hydrogen-bond acceptors (Lipinski definition) is 5. The van der Waals surface area contributed by atoms with Gasteiger partial charge in [-0.15, -0.1) is 0 Å². The summed E-state index contributed by atoms with van der Waals surface area (Å²) in [5.74, 6) is -1.30. The van der Waals surface area contributed by atoms with Crippen LogP contribution in [0.3, 0.4) is 0 Å². The van der Waals surface area contributed by atoms with Gasteiger partial charge in [-0.25, -0.2) is 14.6 Å². The average molecular weight is 423 g/mol. The third-order valence-electron chi connectivity index (χ3n) is 5.13. The number of pyridine rings is 1. The van der Waals surface area contributed by atoms with E-state index in [0.29, 0.717) is 22.5 Å². The number of nitrogens with zero attached hydrogens (tertiary/aromatic N) is 1. The summed E-state index contributed by atoms with van der Waals surface area (Å²) in [4.78, 5) is 31.1. The van der Waals surface area contributed by atoms with Crippen molar-refractivity contribution in [2.45, 2.75) is 0 Å². The molecule has 32 heavy (non-hydrogen) atoms. The fraction of sp³-hybridized carbons (Fsp3) is 0.0741. The lowest BCUT2D eigenvalue weighted by atomic mass is 9.89. The van der Waals surface area contributed by atoms with Crippen molar-refractivity contribution in [1.82, 2.24) is 4.98 Å². The molecule has 0 amide bonds. The normalized spacial score (nSPS) is 10.4. The smallest absolute Gasteiger partial charge is 0.340 e. The molecule has 4 aromatic rings. The SMILES string of the molecule is COC(=O)c1c(-c2ccccc2)nc(-c2ccccc2)c(-c2ccccc2)c1C(=O)OC. The van der Waals surface area contributed by atoms with Crippen LogP contribution >= 0.6 is 0 Å². The van der Waals surface area contributed by atoms with Crippen LogP contribution in [0, 0.1) is 0 Å². The van der Waals surface area contributed by atoms with E-state index in [0.717, 1.165) is 11.1 Å². The molecule has 0 aliphatic rings. The topological polar surface area (TPSA) is 65.5 Å². The maximum Gasteiger partial charge on any atom is 0.340 e. The summed E-state index contributed by atoms with van der Waals surface area (Å²) >= 11 is 0. The van der Waals surface area contributed by atoms with Gasteiger partial charge in [0.25, 0.3) is 0 Å². The molecule has 0 unspecified atom stereocenters. The van der Waals surface area contributed by atoms with E-state index in [1.54, 1.807) is 0 Å². The first-order chi connectivity index (χ1) is 15.7. The molecule has 0 spiro atoms. The Labute approximate surface area is 186 Å². The minimum Gasteiger partial charge on any atom is -0.465 e. The van der Waals surface area contributed by atoms with Crippen molar-refractivity contribution in [2.24, 2.45) is 0 Å². The predicted octanol–water partition coefficient (Wildman–Crippen LogP) is 5.66. The van der Waals surface area contributed by atoms with Crippen molar-refractivity contribution in [3.05, 3.63) is 102 Å². The molecule has 3 aromatic carbocycles. The summed E-state index contributed by atoms with van der Waals surface area (Å²) in [6.45, 7) is 0. The van der Waals surface area contributed by atoms with Gasteiger partial charge in [0.15, 0.2) is 0 Å². The summed E-state index contributed by atoms with van der Waals surface area (Å²) in [6.07, 6.45) is 0. The molecular weight excluding hydrogens is 402 g/mol. The van der Waals surface area contributed by atoms with E-state index < -0.39 is 11.9 Å². The molecule has 0 aliphatic heterocycles. The fourth-order valence-corrected chi connectivity index (χ4v) is 3.69. The number of ether oxygens (including phenoxy) is 2. The van der Waals surface area contributed by atoms with Crippen LogP contribution in [0.5, 0.6) is 0 Å². The molecule has 0 bridgehead atoms. The third-order valence-corrected chi connectivity index (χ3v) is 5.13. The molecule has 0 saturated carbocycles. The van der Waals surface area contributed by atoms with Crippen LogP contribution in [0.15, 0.2) is 91.0 Å². The van der Waals surface area contributed by atoms with Crippen molar-refractivity contribution in [3.8, 4) is 33.6 Å². The Balaban J connectivity index is 2.21. The lowest BCUT2D eigenvalue weighted by Gasteiger charge is -2.20. The summed E-state index contributed by atoms with van der Waals surface area (Å²) in [5, 5.41) is 0. The minimum atomic E-state index is -0.659. The van der Waals surface area contributed by atoms with Crippen LogP contribution in [-0.2, 0) is 9.47 Å². The Morgan fingerprint density at radius 3 is 1.44 bits per heavy atom. The zero-order valence-electron chi connectivity index (χ0n) is 17.7. The van der Waals surface area contributed by atoms with Gasteiger partial charge in [-0.3, -0.25) is 0 Å². The van der Waals surface area contributed by atoms with Gasteiger partial charge in [0.1, 0.15) is 5.56 Å². The van der Waals surface area contributed by atoms with E-state index in [1.807, 2.05) is 91.0 Å². The monoisotopic (exact) mass is 423 g/mol. The van der Waals surface area contributed by atoms with Gasteiger partial charge < -0.3 is 9.47 Å². The van der Waals surface area contributed by atoms with Gasteiger partial charge in [0.05, 0.1) is 31.2 Å². The summed E-state index contributed by atoms with van der Waals surface area (Å²) in [5.41, 5.74) is 3.88. The van der Waals surface area contributed by atoms with Crippen molar-refractivity contribution in [2.75, 3.05) is 14.2 Å². The molecule has 1 aromatic heterocycles. The number of aromatic nitrogens is 1. The highest BCUT2D eigenvalue weighted by Gasteiger charge is 2.31. The molecule has 0 aliphatic carbocycles. The first kappa shape index (κ1) is 21.0.